The van der Waals surface area contributed by atoms with Crippen molar-refractivity contribution in [3.05, 3.63) is 24.0 Å². The van der Waals surface area contributed by atoms with E-state index in [1.165, 1.54) is 6.26 Å². The molecule has 98 valence electrons. The number of nitrogens with one attached hydrogen (secondary N) is 1. The number of imidazole rings is 1. The molecule has 0 unspecified atom stereocenters. The van der Waals surface area contributed by atoms with Gasteiger partial charge in [0.15, 0.2) is 9.84 Å². The molecule has 1 aromatic carbocycles. The molecule has 0 bridgehead atoms. The third-order valence-electron chi connectivity index (χ3n) is 2.75. The highest BCUT2D eigenvalue weighted by molar-refractivity contribution is 7.90. The average Bonchev–Trinajstić information content (AvgIpc) is 2.69. The molecule has 0 aliphatic carbocycles. The molecular weight excluding hydrogens is 252 g/mol. The van der Waals surface area contributed by atoms with E-state index in [1.54, 1.807) is 18.2 Å². The van der Waals surface area contributed by atoms with Gasteiger partial charge in [0.2, 0.25) is 0 Å². The molecule has 1 aromatic heterocycles. The molecule has 6 heteroatoms. The van der Waals surface area contributed by atoms with E-state index in [1.807, 2.05) is 0 Å². The number of aliphatic hydroxyl groups excluding tert-OH is 1. The van der Waals surface area contributed by atoms with Gasteiger partial charge in [-0.3, -0.25) is 0 Å². The largest absolute Gasteiger partial charge is 0.396 e. The predicted octanol–water partition coefficient (Wildman–Crippen LogP) is 1.28. The van der Waals surface area contributed by atoms with Gasteiger partial charge in [0.25, 0.3) is 0 Å². The highest BCUT2D eigenvalue weighted by Crippen LogP contribution is 2.18. The molecule has 2 N–H and O–H groups in total. The standard InChI is InChI=1S/C12H16N2O3S/c1-18(16,17)9-5-6-10-11(8-9)14-12(13-10)4-2-3-7-15/h5-6,8,15H,2-4,7H2,1H3,(H,13,14). The fraction of sp³-hybridized carbons (Fsp3) is 0.417. The summed E-state index contributed by atoms with van der Waals surface area (Å²) in [5, 5.41) is 8.71. The molecule has 2 rings (SSSR count). The van der Waals surface area contributed by atoms with Crippen LogP contribution < -0.4 is 0 Å². The van der Waals surface area contributed by atoms with Gasteiger partial charge >= 0.3 is 0 Å². The Morgan fingerprint density at radius 1 is 1.33 bits per heavy atom. The van der Waals surface area contributed by atoms with Crippen LogP contribution in [0.1, 0.15) is 18.7 Å². The van der Waals surface area contributed by atoms with Crippen molar-refractivity contribution >= 4 is 20.9 Å². The summed E-state index contributed by atoms with van der Waals surface area (Å²) in [4.78, 5) is 7.78. The highest BCUT2D eigenvalue weighted by atomic mass is 32.2. The molecule has 0 spiro atoms. The van der Waals surface area contributed by atoms with Crippen LogP contribution in [0.5, 0.6) is 0 Å². The number of H-pyrrole nitrogens is 1. The number of aliphatic hydroxyl groups is 1. The van der Waals surface area contributed by atoms with E-state index in [-0.39, 0.29) is 6.61 Å². The number of fused-ring (bicyclic) bond motifs is 1. The van der Waals surface area contributed by atoms with Crippen LogP contribution in [0.2, 0.25) is 0 Å². The number of sulfone groups is 1. The third kappa shape index (κ3) is 2.88. The smallest absolute Gasteiger partial charge is 0.175 e. The monoisotopic (exact) mass is 268 g/mol. The molecule has 18 heavy (non-hydrogen) atoms. The fourth-order valence-corrected chi connectivity index (χ4v) is 2.44. The first kappa shape index (κ1) is 13.0. The van der Waals surface area contributed by atoms with Crippen LogP contribution in [0, 0.1) is 0 Å². The summed E-state index contributed by atoms with van der Waals surface area (Å²) in [6.07, 6.45) is 3.54. The second-order valence-corrected chi connectivity index (χ2v) is 6.33. The summed E-state index contributed by atoms with van der Waals surface area (Å²) >= 11 is 0. The predicted molar refractivity (Wildman–Crippen MR) is 69.2 cm³/mol. The first-order valence-corrected chi connectivity index (χ1v) is 7.69. The van der Waals surface area contributed by atoms with Crippen LogP contribution in [-0.2, 0) is 16.3 Å². The van der Waals surface area contributed by atoms with E-state index in [4.69, 9.17) is 5.11 Å². The van der Waals surface area contributed by atoms with Crippen molar-refractivity contribution in [2.45, 2.75) is 24.2 Å². The fourth-order valence-electron chi connectivity index (χ4n) is 1.79. The number of aryl methyl sites for hydroxylation is 1. The maximum atomic E-state index is 11.4. The quantitative estimate of drug-likeness (QED) is 0.800. The molecular formula is C12H16N2O3S. The maximum Gasteiger partial charge on any atom is 0.175 e. The number of rotatable bonds is 5. The van der Waals surface area contributed by atoms with Crippen LogP contribution in [0.15, 0.2) is 23.1 Å². The first-order chi connectivity index (χ1) is 8.50. The van der Waals surface area contributed by atoms with Crippen molar-refractivity contribution < 1.29 is 13.5 Å². The van der Waals surface area contributed by atoms with Crippen molar-refractivity contribution in [1.82, 2.24) is 9.97 Å². The van der Waals surface area contributed by atoms with Gasteiger partial charge in [0.1, 0.15) is 5.82 Å². The second kappa shape index (κ2) is 5.07. The van der Waals surface area contributed by atoms with Crippen molar-refractivity contribution in [3.8, 4) is 0 Å². The molecule has 0 saturated heterocycles. The number of nitrogens with zero attached hydrogens (tertiary/aromatic N) is 1. The highest BCUT2D eigenvalue weighted by Gasteiger charge is 2.09. The van der Waals surface area contributed by atoms with Crippen LogP contribution in [0.25, 0.3) is 11.0 Å². The van der Waals surface area contributed by atoms with Crippen molar-refractivity contribution in [2.24, 2.45) is 0 Å². The summed E-state index contributed by atoms with van der Waals surface area (Å²) in [5.41, 5.74) is 1.50. The summed E-state index contributed by atoms with van der Waals surface area (Å²) < 4.78 is 22.9. The molecule has 0 saturated carbocycles. The molecule has 0 amide bonds. The Hall–Kier alpha value is -1.40. The number of benzene rings is 1. The lowest BCUT2D eigenvalue weighted by atomic mass is 10.2. The summed E-state index contributed by atoms with van der Waals surface area (Å²) in [6, 6.07) is 4.88. The Morgan fingerprint density at radius 3 is 2.78 bits per heavy atom. The molecule has 0 aliphatic heterocycles. The van der Waals surface area contributed by atoms with Gasteiger partial charge in [-0.25, -0.2) is 13.4 Å². The maximum absolute atomic E-state index is 11.4. The Balaban J connectivity index is 2.28. The normalized spacial score (nSPS) is 12.1. The molecule has 2 aromatic rings. The summed E-state index contributed by atoms with van der Waals surface area (Å²) in [6.45, 7) is 0.179. The van der Waals surface area contributed by atoms with Gasteiger partial charge in [-0.15, -0.1) is 0 Å². The molecule has 0 fully saturated rings. The minimum atomic E-state index is -3.19. The molecule has 0 atom stereocenters. The molecule has 0 aliphatic rings. The van der Waals surface area contributed by atoms with Crippen LogP contribution >= 0.6 is 0 Å². The lowest BCUT2D eigenvalue weighted by Crippen LogP contribution is -1.96. The molecule has 0 radical (unpaired) electrons. The zero-order valence-corrected chi connectivity index (χ0v) is 11.0. The van der Waals surface area contributed by atoms with Crippen molar-refractivity contribution in [1.29, 1.82) is 0 Å². The third-order valence-corrected chi connectivity index (χ3v) is 3.86. The Labute approximate surface area is 106 Å². The van der Waals surface area contributed by atoms with E-state index >= 15 is 0 Å². The van der Waals surface area contributed by atoms with Crippen LogP contribution in [0.3, 0.4) is 0 Å². The first-order valence-electron chi connectivity index (χ1n) is 5.80. The van der Waals surface area contributed by atoms with E-state index in [2.05, 4.69) is 9.97 Å². The lowest BCUT2D eigenvalue weighted by molar-refractivity contribution is 0.284. The van der Waals surface area contributed by atoms with Crippen LogP contribution in [0.4, 0.5) is 0 Å². The van der Waals surface area contributed by atoms with Crippen molar-refractivity contribution in [3.63, 3.8) is 0 Å². The van der Waals surface area contributed by atoms with Crippen LogP contribution in [-0.4, -0.2) is 36.4 Å². The summed E-state index contributed by atoms with van der Waals surface area (Å²) in [7, 11) is -3.19. The van der Waals surface area contributed by atoms with E-state index in [9.17, 15) is 8.42 Å². The average molecular weight is 268 g/mol. The Kier molecular flexibility index (Phi) is 3.68. The second-order valence-electron chi connectivity index (χ2n) is 4.32. The Morgan fingerprint density at radius 2 is 2.11 bits per heavy atom. The SMILES string of the molecule is CS(=O)(=O)c1ccc2nc(CCCCO)[nH]c2c1. The van der Waals surface area contributed by atoms with Gasteiger partial charge < -0.3 is 10.1 Å². The van der Waals surface area contributed by atoms with Gasteiger partial charge in [-0.2, -0.15) is 0 Å². The molecule has 1 heterocycles. The van der Waals surface area contributed by atoms with Gasteiger partial charge in [0.05, 0.1) is 15.9 Å². The van der Waals surface area contributed by atoms with E-state index < -0.39 is 9.84 Å². The van der Waals surface area contributed by atoms with Gasteiger partial charge in [0, 0.05) is 19.3 Å². The molecule has 5 nitrogen and oxygen atoms in total. The van der Waals surface area contributed by atoms with Crippen molar-refractivity contribution in [2.75, 3.05) is 12.9 Å². The number of hydrogen-bond acceptors (Lipinski definition) is 4. The van der Waals surface area contributed by atoms with E-state index in [0.29, 0.717) is 4.90 Å². The minimum Gasteiger partial charge on any atom is -0.396 e. The Bertz CT molecular complexity index is 646. The number of unbranched alkanes of at least 4 members (excludes halogenated alkanes) is 1. The number of aromatic amines is 1. The van der Waals surface area contributed by atoms with Gasteiger partial charge in [-0.05, 0) is 31.0 Å². The lowest BCUT2D eigenvalue weighted by Gasteiger charge is -1.96. The summed E-state index contributed by atoms with van der Waals surface area (Å²) in [5.74, 6) is 0.823. The topological polar surface area (TPSA) is 83.1 Å². The number of aromatic nitrogens is 2. The van der Waals surface area contributed by atoms with E-state index in [0.717, 1.165) is 36.1 Å². The minimum absolute atomic E-state index is 0.179. The zero-order valence-electron chi connectivity index (χ0n) is 10.2. The zero-order chi connectivity index (χ0) is 13.2. The van der Waals surface area contributed by atoms with Gasteiger partial charge in [-0.1, -0.05) is 0 Å². The number of hydrogen-bond donors (Lipinski definition) is 2.